The molecule has 3 rings (SSSR count). The average Bonchev–Trinajstić information content (AvgIpc) is 2.86. The number of nitrogens with zero attached hydrogens (tertiary/aromatic N) is 3. The van der Waals surface area contributed by atoms with Crippen LogP contribution in [0, 0.1) is 12.3 Å². The van der Waals surface area contributed by atoms with Crippen LogP contribution in [-0.4, -0.2) is 40.9 Å². The Labute approximate surface area is 122 Å². The second-order valence-corrected chi connectivity index (χ2v) is 6.12. The Kier molecular flexibility index (Phi) is 4.54. The average molecular weight is 285 g/mol. The molecule has 1 spiro atoms. The smallest absolute Gasteiger partial charge is 0.0638 e. The molecule has 2 aliphatic heterocycles. The topological polar surface area (TPSA) is 33.1 Å². The van der Waals surface area contributed by atoms with Gasteiger partial charge >= 0.3 is 0 Å². The van der Waals surface area contributed by atoms with Gasteiger partial charge in [0, 0.05) is 31.9 Å². The molecule has 5 heteroatoms. The fourth-order valence-corrected chi connectivity index (χ4v) is 3.57. The fourth-order valence-electron chi connectivity index (χ4n) is 3.57. The van der Waals surface area contributed by atoms with Crippen molar-refractivity contribution in [1.82, 2.24) is 20.0 Å². The first-order valence-electron chi connectivity index (χ1n) is 7.09. The van der Waals surface area contributed by atoms with Gasteiger partial charge in [-0.25, -0.2) is 0 Å². The number of rotatable bonds is 2. The second-order valence-electron chi connectivity index (χ2n) is 6.12. The number of hydrogen-bond acceptors (Lipinski definition) is 3. The summed E-state index contributed by atoms with van der Waals surface area (Å²) in [5.41, 5.74) is 3.19. The van der Waals surface area contributed by atoms with Crippen molar-refractivity contribution >= 4 is 12.4 Å². The molecular weight excluding hydrogens is 260 g/mol. The van der Waals surface area contributed by atoms with E-state index in [2.05, 4.69) is 28.4 Å². The molecule has 1 aromatic heterocycles. The zero-order chi connectivity index (χ0) is 12.6. The van der Waals surface area contributed by atoms with E-state index in [1.54, 1.807) is 0 Å². The fraction of sp³-hybridized carbons (Fsp3) is 0.786. The largest absolute Gasteiger partial charge is 0.317 e. The minimum Gasteiger partial charge on any atom is -0.317 e. The van der Waals surface area contributed by atoms with Crippen LogP contribution in [0.5, 0.6) is 0 Å². The van der Waals surface area contributed by atoms with Crippen molar-refractivity contribution in [2.24, 2.45) is 12.5 Å². The van der Waals surface area contributed by atoms with Gasteiger partial charge < -0.3 is 5.32 Å². The van der Waals surface area contributed by atoms with Gasteiger partial charge in [0.15, 0.2) is 0 Å². The summed E-state index contributed by atoms with van der Waals surface area (Å²) in [6, 6.07) is 0. The maximum atomic E-state index is 4.44. The van der Waals surface area contributed by atoms with E-state index in [0.717, 1.165) is 6.54 Å². The van der Waals surface area contributed by atoms with Crippen LogP contribution in [0.4, 0.5) is 0 Å². The Morgan fingerprint density at radius 3 is 2.68 bits per heavy atom. The summed E-state index contributed by atoms with van der Waals surface area (Å²) in [5.74, 6) is 0. The SMILES string of the molecule is Cc1nn(C)cc1CN1CCC2(CCNCC2)C1.Cl. The van der Waals surface area contributed by atoms with Crippen molar-refractivity contribution in [3.63, 3.8) is 0 Å². The zero-order valence-electron chi connectivity index (χ0n) is 12.0. The quantitative estimate of drug-likeness (QED) is 0.898. The Morgan fingerprint density at radius 2 is 2.05 bits per heavy atom. The molecule has 2 aliphatic rings. The molecule has 0 amide bonds. The third-order valence-corrected chi connectivity index (χ3v) is 4.69. The Balaban J connectivity index is 0.00000133. The lowest BCUT2D eigenvalue weighted by atomic mass is 9.78. The summed E-state index contributed by atoms with van der Waals surface area (Å²) in [4.78, 5) is 2.62. The van der Waals surface area contributed by atoms with Gasteiger partial charge in [-0.05, 0) is 51.2 Å². The van der Waals surface area contributed by atoms with E-state index in [0.29, 0.717) is 5.41 Å². The number of piperidine rings is 1. The number of hydrogen-bond donors (Lipinski definition) is 1. The molecule has 0 atom stereocenters. The summed E-state index contributed by atoms with van der Waals surface area (Å²) in [6.45, 7) is 8.15. The highest BCUT2D eigenvalue weighted by atomic mass is 35.5. The maximum Gasteiger partial charge on any atom is 0.0638 e. The molecule has 2 saturated heterocycles. The molecule has 0 aromatic carbocycles. The first-order chi connectivity index (χ1) is 8.67. The lowest BCUT2D eigenvalue weighted by Crippen LogP contribution is -2.38. The second kappa shape index (κ2) is 5.81. The van der Waals surface area contributed by atoms with E-state index in [-0.39, 0.29) is 12.4 Å². The lowest BCUT2D eigenvalue weighted by molar-refractivity contribution is 0.194. The van der Waals surface area contributed by atoms with Crippen LogP contribution in [0.25, 0.3) is 0 Å². The highest BCUT2D eigenvalue weighted by molar-refractivity contribution is 5.85. The van der Waals surface area contributed by atoms with E-state index < -0.39 is 0 Å². The number of nitrogens with one attached hydrogen (secondary N) is 1. The molecule has 0 bridgehead atoms. The van der Waals surface area contributed by atoms with Crippen molar-refractivity contribution in [2.45, 2.75) is 32.7 Å². The van der Waals surface area contributed by atoms with Crippen molar-refractivity contribution in [3.8, 4) is 0 Å². The first-order valence-corrected chi connectivity index (χ1v) is 7.09. The molecule has 3 heterocycles. The highest BCUT2D eigenvalue weighted by Crippen LogP contribution is 2.39. The third kappa shape index (κ3) is 3.12. The van der Waals surface area contributed by atoms with Crippen LogP contribution in [0.3, 0.4) is 0 Å². The zero-order valence-corrected chi connectivity index (χ0v) is 12.8. The molecule has 108 valence electrons. The Hall–Kier alpha value is -0.580. The standard InChI is InChI=1S/C14H24N4.ClH/c1-12-13(9-17(2)16-12)10-18-8-5-14(11-18)3-6-15-7-4-14;/h9,15H,3-8,10-11H2,1-2H3;1H. The van der Waals surface area contributed by atoms with Crippen LogP contribution < -0.4 is 5.32 Å². The van der Waals surface area contributed by atoms with Crippen LogP contribution in [0.15, 0.2) is 6.20 Å². The summed E-state index contributed by atoms with van der Waals surface area (Å²) in [6.07, 6.45) is 6.27. The van der Waals surface area contributed by atoms with E-state index in [1.807, 2.05) is 11.7 Å². The van der Waals surface area contributed by atoms with Gasteiger partial charge in [0.1, 0.15) is 0 Å². The Bertz CT molecular complexity index is 423. The van der Waals surface area contributed by atoms with Crippen molar-refractivity contribution in [2.75, 3.05) is 26.2 Å². The minimum absolute atomic E-state index is 0. The molecule has 19 heavy (non-hydrogen) atoms. The lowest BCUT2D eigenvalue weighted by Gasteiger charge is -2.33. The number of likely N-dealkylation sites (tertiary alicyclic amines) is 1. The van der Waals surface area contributed by atoms with Gasteiger partial charge in [-0.15, -0.1) is 12.4 Å². The van der Waals surface area contributed by atoms with Gasteiger partial charge in [-0.2, -0.15) is 5.10 Å². The van der Waals surface area contributed by atoms with E-state index in [1.165, 1.54) is 56.7 Å². The monoisotopic (exact) mass is 284 g/mol. The van der Waals surface area contributed by atoms with Gasteiger partial charge in [-0.1, -0.05) is 0 Å². The predicted octanol–water partition coefficient (Wildman–Crippen LogP) is 1.73. The van der Waals surface area contributed by atoms with Crippen LogP contribution in [0.1, 0.15) is 30.5 Å². The molecule has 0 aliphatic carbocycles. The van der Waals surface area contributed by atoms with Gasteiger partial charge in [0.05, 0.1) is 5.69 Å². The first kappa shape index (κ1) is 14.8. The maximum absolute atomic E-state index is 4.44. The molecule has 4 nitrogen and oxygen atoms in total. The molecular formula is C14H25ClN4. The van der Waals surface area contributed by atoms with E-state index in [9.17, 15) is 0 Å². The summed E-state index contributed by atoms with van der Waals surface area (Å²) < 4.78 is 1.93. The summed E-state index contributed by atoms with van der Waals surface area (Å²) in [7, 11) is 2.01. The van der Waals surface area contributed by atoms with Crippen molar-refractivity contribution < 1.29 is 0 Å². The van der Waals surface area contributed by atoms with Crippen molar-refractivity contribution in [3.05, 3.63) is 17.5 Å². The highest BCUT2D eigenvalue weighted by Gasteiger charge is 2.38. The van der Waals surface area contributed by atoms with Gasteiger partial charge in [0.2, 0.25) is 0 Å². The number of aromatic nitrogens is 2. The molecule has 0 unspecified atom stereocenters. The minimum atomic E-state index is 0. The summed E-state index contributed by atoms with van der Waals surface area (Å²) in [5, 5.41) is 7.92. The van der Waals surface area contributed by atoms with E-state index in [4.69, 9.17) is 0 Å². The molecule has 0 radical (unpaired) electrons. The van der Waals surface area contributed by atoms with Gasteiger partial charge in [0.25, 0.3) is 0 Å². The number of aryl methyl sites for hydroxylation is 2. The molecule has 0 saturated carbocycles. The van der Waals surface area contributed by atoms with Crippen LogP contribution in [-0.2, 0) is 13.6 Å². The van der Waals surface area contributed by atoms with Gasteiger partial charge in [-0.3, -0.25) is 9.58 Å². The third-order valence-electron chi connectivity index (χ3n) is 4.69. The van der Waals surface area contributed by atoms with Crippen LogP contribution in [0.2, 0.25) is 0 Å². The van der Waals surface area contributed by atoms with Crippen molar-refractivity contribution in [1.29, 1.82) is 0 Å². The Morgan fingerprint density at radius 1 is 1.32 bits per heavy atom. The normalized spacial score (nSPS) is 22.6. The van der Waals surface area contributed by atoms with Crippen LogP contribution >= 0.6 is 12.4 Å². The van der Waals surface area contributed by atoms with E-state index >= 15 is 0 Å². The molecule has 1 aromatic rings. The molecule has 1 N–H and O–H groups in total. The summed E-state index contributed by atoms with van der Waals surface area (Å²) >= 11 is 0. The predicted molar refractivity (Wildman–Crippen MR) is 79.6 cm³/mol. The number of halogens is 1. The molecule has 2 fully saturated rings.